The molecule has 0 fully saturated rings. The summed E-state index contributed by atoms with van der Waals surface area (Å²) in [4.78, 5) is 20.0. The lowest BCUT2D eigenvalue weighted by atomic mass is 9.99. The van der Waals surface area contributed by atoms with Crippen LogP contribution in [0.15, 0.2) is 164 Å². The molecule has 0 amide bonds. The van der Waals surface area contributed by atoms with Crippen molar-refractivity contribution >= 4 is 53.1 Å². The maximum Gasteiger partial charge on any atom is 0.164 e. The summed E-state index contributed by atoms with van der Waals surface area (Å²) in [6.07, 6.45) is 0. The van der Waals surface area contributed by atoms with E-state index in [9.17, 15) is 0 Å². The van der Waals surface area contributed by atoms with E-state index in [2.05, 4.69) is 128 Å². The SMILES string of the molecule is Cc1ccccc1-c1nc(-c2ccccc2)nc(-c2ccc3sc(-c4cccc(-c5cccc6c5sc5c(-c7ccccc7)cccc56)c4)nc3c2)n1. The normalized spacial score (nSPS) is 11.5. The van der Waals surface area contributed by atoms with Crippen LogP contribution in [0.3, 0.4) is 0 Å². The third-order valence-corrected chi connectivity index (χ3v) is 12.1. The molecule has 3 aromatic heterocycles. The molecule has 6 heteroatoms. The number of hydrogen-bond acceptors (Lipinski definition) is 6. The minimum atomic E-state index is 0.627. The summed E-state index contributed by atoms with van der Waals surface area (Å²) in [5.41, 5.74) is 10.9. The van der Waals surface area contributed by atoms with Crippen LogP contribution in [0.2, 0.25) is 0 Å². The summed E-state index contributed by atoms with van der Waals surface area (Å²) in [7, 11) is 0. The molecule has 0 aliphatic heterocycles. The van der Waals surface area contributed by atoms with Crippen LogP contribution in [0.25, 0.3) is 97.4 Å². The molecular weight excluding hydrogens is 685 g/mol. The van der Waals surface area contributed by atoms with E-state index in [1.165, 1.54) is 42.4 Å². The van der Waals surface area contributed by atoms with E-state index in [4.69, 9.17) is 19.9 Å². The molecule has 7 aromatic carbocycles. The Morgan fingerprint density at radius 1 is 0.377 bits per heavy atom. The summed E-state index contributed by atoms with van der Waals surface area (Å²) in [6.45, 7) is 2.09. The zero-order valence-electron chi connectivity index (χ0n) is 28.7. The number of thiophene rings is 1. The van der Waals surface area contributed by atoms with Crippen LogP contribution in [0, 0.1) is 6.92 Å². The van der Waals surface area contributed by atoms with Crippen LogP contribution in [0.1, 0.15) is 5.56 Å². The summed E-state index contributed by atoms with van der Waals surface area (Å²) in [5, 5.41) is 3.57. The van der Waals surface area contributed by atoms with Crippen molar-refractivity contribution in [2.24, 2.45) is 0 Å². The first-order chi connectivity index (χ1) is 26.2. The molecule has 4 nitrogen and oxygen atoms in total. The van der Waals surface area contributed by atoms with E-state index >= 15 is 0 Å². The number of aromatic nitrogens is 4. The van der Waals surface area contributed by atoms with E-state index in [0.717, 1.165) is 43.0 Å². The van der Waals surface area contributed by atoms with Gasteiger partial charge in [-0.15, -0.1) is 22.7 Å². The van der Waals surface area contributed by atoms with Crippen LogP contribution >= 0.6 is 22.7 Å². The van der Waals surface area contributed by atoms with Gasteiger partial charge in [-0.1, -0.05) is 140 Å². The minimum Gasteiger partial charge on any atom is -0.236 e. The van der Waals surface area contributed by atoms with Gasteiger partial charge in [-0.25, -0.2) is 19.9 Å². The van der Waals surface area contributed by atoms with Gasteiger partial charge < -0.3 is 0 Å². The number of nitrogens with zero attached hydrogens (tertiary/aromatic N) is 4. The van der Waals surface area contributed by atoms with Crippen molar-refractivity contribution in [2.45, 2.75) is 6.92 Å². The third kappa shape index (κ3) is 5.69. The highest BCUT2D eigenvalue weighted by molar-refractivity contribution is 7.27. The Hall–Kier alpha value is -6.34. The fourth-order valence-electron chi connectivity index (χ4n) is 7.07. The molecule has 0 spiro atoms. The number of benzene rings is 7. The predicted molar refractivity (Wildman–Crippen MR) is 223 cm³/mol. The Balaban J connectivity index is 1.04. The topological polar surface area (TPSA) is 51.6 Å². The first-order valence-corrected chi connectivity index (χ1v) is 19.2. The van der Waals surface area contributed by atoms with Gasteiger partial charge in [-0.2, -0.15) is 0 Å². The van der Waals surface area contributed by atoms with E-state index in [-0.39, 0.29) is 0 Å². The van der Waals surface area contributed by atoms with Crippen molar-refractivity contribution < 1.29 is 0 Å². The number of fused-ring (bicyclic) bond motifs is 4. The number of hydrogen-bond donors (Lipinski definition) is 0. The van der Waals surface area contributed by atoms with Crippen molar-refractivity contribution in [3.05, 3.63) is 169 Å². The monoisotopic (exact) mass is 714 g/mol. The Labute approximate surface area is 314 Å². The lowest BCUT2D eigenvalue weighted by Gasteiger charge is -2.09. The average molecular weight is 715 g/mol. The van der Waals surface area contributed by atoms with E-state index in [0.29, 0.717) is 17.5 Å². The van der Waals surface area contributed by atoms with Crippen molar-refractivity contribution in [3.8, 4) is 67.0 Å². The fourth-order valence-corrected chi connectivity index (χ4v) is 9.38. The lowest BCUT2D eigenvalue weighted by molar-refractivity contribution is 1.07. The maximum atomic E-state index is 5.17. The zero-order chi connectivity index (χ0) is 35.3. The molecule has 0 bridgehead atoms. The van der Waals surface area contributed by atoms with Gasteiger partial charge in [0, 0.05) is 42.4 Å². The molecule has 3 heterocycles. The highest BCUT2D eigenvalue weighted by atomic mass is 32.1. The molecule has 0 atom stereocenters. The quantitative estimate of drug-likeness (QED) is 0.172. The van der Waals surface area contributed by atoms with Crippen LogP contribution in [-0.2, 0) is 0 Å². The van der Waals surface area contributed by atoms with E-state index in [1.54, 1.807) is 11.3 Å². The van der Waals surface area contributed by atoms with Crippen LogP contribution in [-0.4, -0.2) is 19.9 Å². The summed E-state index contributed by atoms with van der Waals surface area (Å²) in [6, 6.07) is 57.5. The van der Waals surface area contributed by atoms with Gasteiger partial charge in [0.2, 0.25) is 0 Å². The third-order valence-electron chi connectivity index (χ3n) is 9.73. The maximum absolute atomic E-state index is 5.17. The molecule has 250 valence electrons. The second-order valence-corrected chi connectivity index (χ2v) is 15.2. The van der Waals surface area contributed by atoms with Gasteiger partial charge in [0.25, 0.3) is 0 Å². The van der Waals surface area contributed by atoms with Crippen LogP contribution < -0.4 is 0 Å². The molecule has 0 radical (unpaired) electrons. The summed E-state index contributed by atoms with van der Waals surface area (Å²) < 4.78 is 3.74. The molecule has 0 unspecified atom stereocenters. The van der Waals surface area contributed by atoms with Gasteiger partial charge in [-0.3, -0.25) is 0 Å². The molecule has 0 aliphatic rings. The second kappa shape index (κ2) is 13.0. The number of thiazole rings is 1. The predicted octanol–water partition coefficient (Wildman–Crippen LogP) is 13.2. The van der Waals surface area contributed by atoms with Crippen LogP contribution in [0.4, 0.5) is 0 Å². The Kier molecular flexibility index (Phi) is 7.71. The molecule has 0 N–H and O–H groups in total. The lowest BCUT2D eigenvalue weighted by Crippen LogP contribution is -2.01. The molecule has 10 aromatic rings. The summed E-state index contributed by atoms with van der Waals surface area (Å²) >= 11 is 3.59. The molecular formula is C47H30N4S2. The average Bonchev–Trinajstić information content (AvgIpc) is 3.83. The summed E-state index contributed by atoms with van der Waals surface area (Å²) in [5.74, 6) is 1.94. The first-order valence-electron chi connectivity index (χ1n) is 17.6. The largest absolute Gasteiger partial charge is 0.236 e. The Bertz CT molecular complexity index is 2970. The number of aryl methyl sites for hydroxylation is 1. The zero-order valence-corrected chi connectivity index (χ0v) is 30.3. The molecule has 0 saturated heterocycles. The Morgan fingerprint density at radius 3 is 1.68 bits per heavy atom. The van der Waals surface area contributed by atoms with Gasteiger partial charge in [0.15, 0.2) is 17.5 Å². The standard InChI is InChI=1S/C47H30N4S2/c1-29-13-8-9-20-35(29)46-50-44(31-16-6-3-7-17-31)49-45(51-46)33-25-26-41-40(28-33)48-47(52-41)34-19-10-18-32(27-34)37-22-12-24-39-38-23-11-21-36(42(38)53-43(37)39)30-14-4-2-5-15-30/h2-28H,1H3. The second-order valence-electron chi connectivity index (χ2n) is 13.1. The van der Waals surface area contributed by atoms with Gasteiger partial charge in [0.05, 0.1) is 10.2 Å². The molecule has 10 rings (SSSR count). The molecule has 53 heavy (non-hydrogen) atoms. The Morgan fingerprint density at radius 2 is 0.943 bits per heavy atom. The van der Waals surface area contributed by atoms with Gasteiger partial charge in [0.1, 0.15) is 5.01 Å². The highest BCUT2D eigenvalue weighted by Gasteiger charge is 2.17. The molecule has 0 saturated carbocycles. The highest BCUT2D eigenvalue weighted by Crippen LogP contribution is 2.44. The van der Waals surface area contributed by atoms with Crippen molar-refractivity contribution in [2.75, 3.05) is 0 Å². The molecule has 0 aliphatic carbocycles. The van der Waals surface area contributed by atoms with E-state index in [1.807, 2.05) is 53.8 Å². The van der Waals surface area contributed by atoms with Gasteiger partial charge in [-0.05, 0) is 59.0 Å². The van der Waals surface area contributed by atoms with Crippen molar-refractivity contribution in [3.63, 3.8) is 0 Å². The fraction of sp³-hybridized carbons (Fsp3) is 0.0213. The van der Waals surface area contributed by atoms with E-state index < -0.39 is 0 Å². The minimum absolute atomic E-state index is 0.627. The van der Waals surface area contributed by atoms with Gasteiger partial charge >= 0.3 is 0 Å². The van der Waals surface area contributed by atoms with Crippen molar-refractivity contribution in [1.82, 2.24) is 19.9 Å². The first kappa shape index (κ1) is 31.4. The van der Waals surface area contributed by atoms with Crippen LogP contribution in [0.5, 0.6) is 0 Å². The van der Waals surface area contributed by atoms with Crippen molar-refractivity contribution in [1.29, 1.82) is 0 Å². The number of rotatable bonds is 6. The smallest absolute Gasteiger partial charge is 0.164 e.